The number of ether oxygens (including phenoxy) is 1. The summed E-state index contributed by atoms with van der Waals surface area (Å²) in [4.78, 5) is 24.5. The lowest BCUT2D eigenvalue weighted by molar-refractivity contribution is -0.148. The minimum atomic E-state index is -0.767. The van der Waals surface area contributed by atoms with E-state index in [1.54, 1.807) is 0 Å². The molecule has 0 radical (unpaired) electrons. The summed E-state index contributed by atoms with van der Waals surface area (Å²) in [7, 11) is 0. The van der Waals surface area contributed by atoms with Crippen molar-refractivity contribution in [2.45, 2.75) is 46.0 Å². The van der Waals surface area contributed by atoms with Crippen LogP contribution in [0.1, 0.15) is 35.5 Å². The zero-order chi connectivity index (χ0) is 18.7. The van der Waals surface area contributed by atoms with Crippen LogP contribution in [0.15, 0.2) is 30.3 Å². The quantitative estimate of drug-likeness (QED) is 0.848. The number of nitrogens with zero attached hydrogens (tertiary/aromatic N) is 2. The molecule has 1 aliphatic heterocycles. The highest BCUT2D eigenvalue weighted by atomic mass is 16.5. The predicted molar refractivity (Wildman–Crippen MR) is 96.3 cm³/mol. The topological polar surface area (TPSA) is 85.2 Å². The summed E-state index contributed by atoms with van der Waals surface area (Å²) in [6.45, 7) is 7.01. The molecule has 3 rings (SSSR count). The van der Waals surface area contributed by atoms with Crippen molar-refractivity contribution in [2.24, 2.45) is 0 Å². The molecule has 1 aromatic heterocycles. The number of hydrogen-bond acceptors (Lipinski definition) is 4. The summed E-state index contributed by atoms with van der Waals surface area (Å²) in [5.41, 5.74) is 3.80. The van der Waals surface area contributed by atoms with Gasteiger partial charge in [0.2, 0.25) is 5.91 Å². The van der Waals surface area contributed by atoms with Gasteiger partial charge in [-0.05, 0) is 26.3 Å². The highest BCUT2D eigenvalue weighted by molar-refractivity contribution is 5.86. The predicted octanol–water partition coefficient (Wildman–Crippen LogP) is 1.39. The number of carbonyl (C=O) groups excluding carboxylic acids is 2. The van der Waals surface area contributed by atoms with E-state index < -0.39 is 12.1 Å². The molecule has 7 heteroatoms. The van der Waals surface area contributed by atoms with Crippen molar-refractivity contribution in [3.8, 4) is 0 Å². The Morgan fingerprint density at radius 1 is 1.35 bits per heavy atom. The van der Waals surface area contributed by atoms with Crippen molar-refractivity contribution in [2.75, 3.05) is 6.61 Å². The molecule has 2 N–H and O–H groups in total. The fraction of sp³-hybridized carbons (Fsp3) is 0.421. The van der Waals surface area contributed by atoms with E-state index in [0.717, 1.165) is 29.1 Å². The normalized spacial score (nSPS) is 19.9. The van der Waals surface area contributed by atoms with Gasteiger partial charge >= 0.3 is 0 Å². The van der Waals surface area contributed by atoms with Gasteiger partial charge in [-0.25, -0.2) is 0 Å². The first-order chi connectivity index (χ1) is 12.5. The van der Waals surface area contributed by atoms with Gasteiger partial charge in [0.25, 0.3) is 5.91 Å². The second-order valence-corrected chi connectivity index (χ2v) is 6.37. The van der Waals surface area contributed by atoms with E-state index in [9.17, 15) is 9.59 Å². The monoisotopic (exact) mass is 356 g/mol. The van der Waals surface area contributed by atoms with Crippen molar-refractivity contribution in [3.05, 3.63) is 52.8 Å². The molecule has 2 amide bonds. The zero-order valence-corrected chi connectivity index (χ0v) is 15.3. The van der Waals surface area contributed by atoms with Crippen LogP contribution < -0.4 is 10.6 Å². The van der Waals surface area contributed by atoms with E-state index in [-0.39, 0.29) is 18.4 Å². The Hall–Kier alpha value is -2.67. The highest BCUT2D eigenvalue weighted by Crippen LogP contribution is 2.23. The van der Waals surface area contributed by atoms with Crippen molar-refractivity contribution >= 4 is 11.8 Å². The van der Waals surface area contributed by atoms with E-state index in [0.29, 0.717) is 6.54 Å². The minimum Gasteiger partial charge on any atom is -0.356 e. The first-order valence-electron chi connectivity index (χ1n) is 8.77. The molecule has 0 bridgehead atoms. The maximum atomic E-state index is 12.7. The van der Waals surface area contributed by atoms with Gasteiger partial charge in [-0.3, -0.25) is 14.3 Å². The molecule has 7 nitrogen and oxygen atoms in total. The van der Waals surface area contributed by atoms with Gasteiger partial charge < -0.3 is 15.4 Å². The number of carbonyl (C=O) groups is 2. The summed E-state index contributed by atoms with van der Waals surface area (Å²) < 4.78 is 7.47. The van der Waals surface area contributed by atoms with Crippen molar-refractivity contribution in [1.29, 1.82) is 0 Å². The number of nitrogens with one attached hydrogen (secondary N) is 2. The Kier molecular flexibility index (Phi) is 5.37. The molecule has 2 atom stereocenters. The molecule has 0 aliphatic carbocycles. The number of aromatic nitrogens is 2. The standard InChI is InChI=1S/C19H24N4O3/c1-4-23-13(3)15(12(2)22-23)10-20-19(25)18-17(21-16(24)11-26-18)14-8-6-5-7-9-14/h5-9,17-18H,4,10-11H2,1-3H3,(H,20,25)(H,21,24)/t17-,18+/m1/s1. The van der Waals surface area contributed by atoms with Gasteiger partial charge in [-0.15, -0.1) is 0 Å². The van der Waals surface area contributed by atoms with Gasteiger partial charge in [-0.1, -0.05) is 30.3 Å². The first-order valence-corrected chi connectivity index (χ1v) is 8.77. The molecule has 0 unspecified atom stereocenters. The molecular weight excluding hydrogens is 332 g/mol. The molecular formula is C19H24N4O3. The molecule has 138 valence electrons. The van der Waals surface area contributed by atoms with E-state index in [1.165, 1.54) is 0 Å². The summed E-state index contributed by atoms with van der Waals surface area (Å²) in [5.74, 6) is -0.472. The van der Waals surface area contributed by atoms with Crippen LogP contribution in [0, 0.1) is 13.8 Å². The van der Waals surface area contributed by atoms with Gasteiger partial charge in [-0.2, -0.15) is 5.10 Å². The van der Waals surface area contributed by atoms with E-state index in [4.69, 9.17) is 4.74 Å². The molecule has 2 aromatic rings. The molecule has 0 spiro atoms. The third-order valence-electron chi connectivity index (χ3n) is 4.70. The van der Waals surface area contributed by atoms with Gasteiger partial charge in [0.05, 0.1) is 11.7 Å². The molecule has 2 heterocycles. The molecule has 1 aromatic carbocycles. The average molecular weight is 356 g/mol. The first kappa shape index (κ1) is 18.1. The number of aryl methyl sites for hydroxylation is 2. The van der Waals surface area contributed by atoms with Crippen LogP contribution in [0.25, 0.3) is 0 Å². The fourth-order valence-corrected chi connectivity index (χ4v) is 3.27. The Bertz CT molecular complexity index is 801. The van der Waals surface area contributed by atoms with Crippen LogP contribution in [-0.4, -0.2) is 34.3 Å². The number of benzene rings is 1. The van der Waals surface area contributed by atoms with E-state index in [2.05, 4.69) is 15.7 Å². The minimum absolute atomic E-state index is 0.118. The fourth-order valence-electron chi connectivity index (χ4n) is 3.27. The third kappa shape index (κ3) is 3.62. The van der Waals surface area contributed by atoms with Gasteiger partial charge in [0.15, 0.2) is 6.10 Å². The molecule has 1 fully saturated rings. The molecule has 26 heavy (non-hydrogen) atoms. The van der Waals surface area contributed by atoms with E-state index in [1.807, 2.05) is 55.8 Å². The second-order valence-electron chi connectivity index (χ2n) is 6.37. The number of rotatable bonds is 5. The number of morpholine rings is 1. The highest BCUT2D eigenvalue weighted by Gasteiger charge is 2.36. The lowest BCUT2D eigenvalue weighted by atomic mass is 9.99. The average Bonchev–Trinajstić information content (AvgIpc) is 2.93. The van der Waals surface area contributed by atoms with Crippen LogP contribution in [0.4, 0.5) is 0 Å². The summed E-state index contributed by atoms with van der Waals surface area (Å²) in [6.07, 6.45) is -0.767. The number of amides is 2. The zero-order valence-electron chi connectivity index (χ0n) is 15.3. The molecule has 0 saturated carbocycles. The Balaban J connectivity index is 1.73. The largest absolute Gasteiger partial charge is 0.356 e. The summed E-state index contributed by atoms with van der Waals surface area (Å²) >= 11 is 0. The Labute approximate surface area is 152 Å². The maximum absolute atomic E-state index is 12.7. The van der Waals surface area contributed by atoms with Gasteiger partial charge in [0, 0.05) is 24.3 Å². The lowest BCUT2D eigenvalue weighted by Crippen LogP contribution is -2.52. The van der Waals surface area contributed by atoms with Crippen molar-refractivity contribution in [3.63, 3.8) is 0 Å². The number of hydrogen-bond donors (Lipinski definition) is 2. The van der Waals surface area contributed by atoms with Crippen LogP contribution in [-0.2, 0) is 27.4 Å². The van der Waals surface area contributed by atoms with Crippen LogP contribution in [0.5, 0.6) is 0 Å². The van der Waals surface area contributed by atoms with Crippen molar-refractivity contribution < 1.29 is 14.3 Å². The summed E-state index contributed by atoms with van der Waals surface area (Å²) in [6, 6.07) is 8.88. The maximum Gasteiger partial charge on any atom is 0.251 e. The van der Waals surface area contributed by atoms with Crippen LogP contribution in [0.2, 0.25) is 0 Å². The summed E-state index contributed by atoms with van der Waals surface area (Å²) in [5, 5.41) is 10.3. The Morgan fingerprint density at radius 3 is 2.73 bits per heavy atom. The van der Waals surface area contributed by atoms with Crippen LogP contribution >= 0.6 is 0 Å². The molecule has 1 saturated heterocycles. The van der Waals surface area contributed by atoms with Crippen LogP contribution in [0.3, 0.4) is 0 Å². The molecule has 1 aliphatic rings. The smallest absolute Gasteiger partial charge is 0.251 e. The Morgan fingerprint density at radius 2 is 2.08 bits per heavy atom. The second kappa shape index (κ2) is 7.70. The lowest BCUT2D eigenvalue weighted by Gasteiger charge is -2.31. The van der Waals surface area contributed by atoms with Crippen molar-refractivity contribution in [1.82, 2.24) is 20.4 Å². The third-order valence-corrected chi connectivity index (χ3v) is 4.70. The SMILES string of the molecule is CCn1nc(C)c(CNC(=O)[C@H]2OCC(=O)N[C@@H]2c2ccccc2)c1C. The van der Waals surface area contributed by atoms with Gasteiger partial charge in [0.1, 0.15) is 6.61 Å². The van der Waals surface area contributed by atoms with E-state index >= 15 is 0 Å².